The fourth-order valence-electron chi connectivity index (χ4n) is 3.06. The number of likely N-dealkylation sites (tertiary alicyclic amines) is 1. The summed E-state index contributed by atoms with van der Waals surface area (Å²) in [6.45, 7) is 1.64. The molecule has 0 unspecified atom stereocenters. The van der Waals surface area contributed by atoms with E-state index in [-0.39, 0.29) is 6.03 Å². The summed E-state index contributed by atoms with van der Waals surface area (Å²) in [6.07, 6.45) is 3.22. The number of rotatable bonds is 3. The maximum Gasteiger partial charge on any atom is 0.321 e. The summed E-state index contributed by atoms with van der Waals surface area (Å²) in [4.78, 5) is 14.2. The summed E-state index contributed by atoms with van der Waals surface area (Å²) < 4.78 is 0. The molecule has 0 atom stereocenters. The fraction of sp³-hybridized carbons (Fsp3) is 0.316. The van der Waals surface area contributed by atoms with E-state index in [1.54, 1.807) is 12.1 Å². The van der Waals surface area contributed by atoms with Gasteiger partial charge in [-0.1, -0.05) is 30.3 Å². The largest absolute Gasteiger partial charge is 0.399 e. The minimum Gasteiger partial charge on any atom is -0.399 e. The normalized spacial score (nSPS) is 15.4. The predicted octanol–water partition coefficient (Wildman–Crippen LogP) is 3.76. The Morgan fingerprint density at radius 3 is 2.35 bits per heavy atom. The van der Waals surface area contributed by atoms with Crippen LogP contribution in [-0.2, 0) is 6.42 Å². The van der Waals surface area contributed by atoms with Gasteiger partial charge in [0.15, 0.2) is 0 Å². The summed E-state index contributed by atoms with van der Waals surface area (Å²) in [7, 11) is 0. The molecule has 3 N–H and O–H groups in total. The summed E-state index contributed by atoms with van der Waals surface area (Å²) in [5.41, 5.74) is 8.53. The fourth-order valence-corrected chi connectivity index (χ4v) is 3.06. The van der Waals surface area contributed by atoms with Crippen LogP contribution < -0.4 is 11.1 Å². The Kier molecular flexibility index (Phi) is 4.81. The van der Waals surface area contributed by atoms with Crippen LogP contribution in [0, 0.1) is 5.92 Å². The molecule has 0 bridgehead atoms. The molecule has 23 heavy (non-hydrogen) atoms. The van der Waals surface area contributed by atoms with Crippen LogP contribution in [0.4, 0.5) is 16.2 Å². The van der Waals surface area contributed by atoms with E-state index in [1.807, 2.05) is 23.1 Å². The minimum absolute atomic E-state index is 0.0204. The van der Waals surface area contributed by atoms with Crippen LogP contribution in [0.15, 0.2) is 54.6 Å². The number of carbonyl (C=O) groups is 1. The van der Waals surface area contributed by atoms with E-state index >= 15 is 0 Å². The zero-order chi connectivity index (χ0) is 16.1. The second-order valence-corrected chi connectivity index (χ2v) is 6.17. The first-order valence-corrected chi connectivity index (χ1v) is 8.16. The number of hydrogen-bond donors (Lipinski definition) is 2. The molecular weight excluding hydrogens is 286 g/mol. The maximum absolute atomic E-state index is 12.3. The van der Waals surface area contributed by atoms with Crippen molar-refractivity contribution in [2.45, 2.75) is 19.3 Å². The molecule has 1 saturated heterocycles. The molecule has 0 saturated carbocycles. The van der Waals surface area contributed by atoms with Gasteiger partial charge in [0.1, 0.15) is 0 Å². The van der Waals surface area contributed by atoms with Gasteiger partial charge in [-0.05, 0) is 55.0 Å². The molecule has 0 spiro atoms. The van der Waals surface area contributed by atoms with Crippen molar-refractivity contribution in [1.29, 1.82) is 0 Å². The molecule has 1 aliphatic rings. The molecule has 4 nitrogen and oxygen atoms in total. The number of nitrogens with zero attached hydrogens (tertiary/aromatic N) is 1. The maximum atomic E-state index is 12.3. The van der Waals surface area contributed by atoms with E-state index in [4.69, 9.17) is 5.73 Å². The molecule has 4 heteroatoms. The Hall–Kier alpha value is -2.49. The van der Waals surface area contributed by atoms with Gasteiger partial charge in [0.05, 0.1) is 0 Å². The smallest absolute Gasteiger partial charge is 0.321 e. The molecule has 2 aromatic rings. The molecule has 2 aromatic carbocycles. The summed E-state index contributed by atoms with van der Waals surface area (Å²) in [6, 6.07) is 17.8. The van der Waals surface area contributed by atoms with Crippen LogP contribution in [-0.4, -0.2) is 24.0 Å². The second-order valence-electron chi connectivity index (χ2n) is 6.17. The molecule has 1 fully saturated rings. The molecule has 0 radical (unpaired) electrons. The van der Waals surface area contributed by atoms with E-state index in [1.165, 1.54) is 5.56 Å². The Morgan fingerprint density at radius 2 is 1.70 bits per heavy atom. The van der Waals surface area contributed by atoms with Crippen molar-refractivity contribution >= 4 is 17.4 Å². The number of amides is 2. The molecule has 0 aromatic heterocycles. The molecule has 1 heterocycles. The second kappa shape index (κ2) is 7.18. The highest BCUT2D eigenvalue weighted by atomic mass is 16.2. The van der Waals surface area contributed by atoms with Gasteiger partial charge in [-0.15, -0.1) is 0 Å². The van der Waals surface area contributed by atoms with Crippen molar-refractivity contribution in [2.24, 2.45) is 5.92 Å². The van der Waals surface area contributed by atoms with Crippen molar-refractivity contribution in [2.75, 3.05) is 24.1 Å². The molecule has 2 amide bonds. The lowest BCUT2D eigenvalue weighted by molar-refractivity contribution is 0.182. The first-order chi connectivity index (χ1) is 11.2. The lowest BCUT2D eigenvalue weighted by Crippen LogP contribution is -2.41. The van der Waals surface area contributed by atoms with Crippen LogP contribution in [0.25, 0.3) is 0 Å². The van der Waals surface area contributed by atoms with Crippen LogP contribution in [0.5, 0.6) is 0 Å². The number of nitrogens with two attached hydrogens (primary N) is 1. The zero-order valence-corrected chi connectivity index (χ0v) is 13.2. The van der Waals surface area contributed by atoms with Gasteiger partial charge in [-0.3, -0.25) is 0 Å². The quantitative estimate of drug-likeness (QED) is 0.848. The van der Waals surface area contributed by atoms with Gasteiger partial charge < -0.3 is 16.0 Å². The molecule has 1 aliphatic heterocycles. The number of anilines is 2. The van der Waals surface area contributed by atoms with Gasteiger partial charge in [-0.2, -0.15) is 0 Å². The highest BCUT2D eigenvalue weighted by Gasteiger charge is 2.22. The number of carbonyl (C=O) groups excluding carboxylic acids is 1. The Balaban J connectivity index is 1.48. The van der Waals surface area contributed by atoms with E-state index < -0.39 is 0 Å². The third-order valence-corrected chi connectivity index (χ3v) is 4.43. The topological polar surface area (TPSA) is 58.4 Å². The van der Waals surface area contributed by atoms with Crippen molar-refractivity contribution in [3.63, 3.8) is 0 Å². The third kappa shape index (κ3) is 4.25. The highest BCUT2D eigenvalue weighted by Crippen LogP contribution is 2.22. The first-order valence-electron chi connectivity index (χ1n) is 8.16. The monoisotopic (exact) mass is 309 g/mol. The zero-order valence-electron chi connectivity index (χ0n) is 13.2. The number of nitrogens with one attached hydrogen (secondary N) is 1. The number of benzene rings is 2. The van der Waals surface area contributed by atoms with Gasteiger partial charge >= 0.3 is 6.03 Å². The Bertz CT molecular complexity index is 631. The summed E-state index contributed by atoms with van der Waals surface area (Å²) >= 11 is 0. The summed E-state index contributed by atoms with van der Waals surface area (Å²) in [5, 5.41) is 2.93. The average Bonchev–Trinajstić information content (AvgIpc) is 2.58. The van der Waals surface area contributed by atoms with Crippen molar-refractivity contribution in [1.82, 2.24) is 4.90 Å². The Labute approximate surface area is 137 Å². The predicted molar refractivity (Wildman–Crippen MR) is 94.3 cm³/mol. The molecular formula is C19H23N3O. The van der Waals surface area contributed by atoms with Crippen LogP contribution in [0.3, 0.4) is 0 Å². The van der Waals surface area contributed by atoms with Crippen molar-refractivity contribution in [3.8, 4) is 0 Å². The van der Waals surface area contributed by atoms with Crippen molar-refractivity contribution < 1.29 is 4.79 Å². The molecule has 3 rings (SSSR count). The molecule has 0 aliphatic carbocycles. The third-order valence-electron chi connectivity index (χ3n) is 4.43. The number of urea groups is 1. The summed E-state index contributed by atoms with van der Waals surface area (Å²) in [5.74, 6) is 0.665. The van der Waals surface area contributed by atoms with E-state index in [2.05, 4.69) is 29.6 Å². The Morgan fingerprint density at radius 1 is 1.04 bits per heavy atom. The SMILES string of the molecule is Nc1ccc(NC(=O)N2CCC(Cc3ccccc3)CC2)cc1. The molecule has 120 valence electrons. The average molecular weight is 309 g/mol. The number of hydrogen-bond acceptors (Lipinski definition) is 2. The van der Waals surface area contributed by atoms with Gasteiger partial charge in [0.25, 0.3) is 0 Å². The van der Waals surface area contributed by atoms with E-state index in [9.17, 15) is 4.79 Å². The highest BCUT2D eigenvalue weighted by molar-refractivity contribution is 5.89. The van der Waals surface area contributed by atoms with E-state index in [0.29, 0.717) is 11.6 Å². The van der Waals surface area contributed by atoms with Gasteiger partial charge in [0.2, 0.25) is 0 Å². The first kappa shape index (κ1) is 15.4. The lowest BCUT2D eigenvalue weighted by Gasteiger charge is -2.32. The van der Waals surface area contributed by atoms with Crippen LogP contribution in [0.2, 0.25) is 0 Å². The van der Waals surface area contributed by atoms with Gasteiger partial charge in [-0.25, -0.2) is 4.79 Å². The van der Waals surface area contributed by atoms with Crippen LogP contribution >= 0.6 is 0 Å². The number of nitrogen functional groups attached to an aromatic ring is 1. The lowest BCUT2D eigenvalue weighted by atomic mass is 9.90. The minimum atomic E-state index is -0.0204. The number of piperidine rings is 1. The van der Waals surface area contributed by atoms with E-state index in [0.717, 1.165) is 38.0 Å². The van der Waals surface area contributed by atoms with Gasteiger partial charge in [0, 0.05) is 24.5 Å². The standard InChI is InChI=1S/C19H23N3O/c20-17-6-8-18(9-7-17)21-19(23)22-12-10-16(11-13-22)14-15-4-2-1-3-5-15/h1-9,16H,10-14,20H2,(H,21,23). The van der Waals surface area contributed by atoms with Crippen LogP contribution in [0.1, 0.15) is 18.4 Å². The van der Waals surface area contributed by atoms with Crippen molar-refractivity contribution in [3.05, 3.63) is 60.2 Å².